The number of rotatable bonds is 2. The first-order valence-electron chi connectivity index (χ1n) is 4.32. The standard InChI is InChI=1S/C9H5BrF5NO2/c1-18-8(17)5-4(9(13,14)15)2-3(7(11)12)6(10)16-5/h2,7H,1H3. The van der Waals surface area contributed by atoms with Gasteiger partial charge in [0.05, 0.1) is 18.2 Å². The fraction of sp³-hybridized carbons (Fsp3) is 0.333. The van der Waals surface area contributed by atoms with Gasteiger partial charge in [-0.15, -0.1) is 0 Å². The highest BCUT2D eigenvalue weighted by atomic mass is 79.9. The Kier molecular flexibility index (Phi) is 4.25. The van der Waals surface area contributed by atoms with Gasteiger partial charge < -0.3 is 4.74 Å². The van der Waals surface area contributed by atoms with Crippen LogP contribution >= 0.6 is 15.9 Å². The Bertz CT molecular complexity index is 475. The molecule has 18 heavy (non-hydrogen) atoms. The molecule has 0 N–H and O–H groups in total. The van der Waals surface area contributed by atoms with E-state index in [1.54, 1.807) is 0 Å². The Morgan fingerprint density at radius 3 is 2.39 bits per heavy atom. The molecule has 0 spiro atoms. The van der Waals surface area contributed by atoms with Gasteiger partial charge in [-0.25, -0.2) is 18.6 Å². The predicted molar refractivity (Wildman–Crippen MR) is 53.2 cm³/mol. The summed E-state index contributed by atoms with van der Waals surface area (Å²) in [7, 11) is 0.860. The predicted octanol–water partition coefficient (Wildman–Crippen LogP) is 3.59. The van der Waals surface area contributed by atoms with Gasteiger partial charge in [-0.3, -0.25) is 0 Å². The second-order valence-corrected chi connectivity index (χ2v) is 3.81. The van der Waals surface area contributed by atoms with Crippen molar-refractivity contribution in [2.45, 2.75) is 12.6 Å². The second-order valence-electron chi connectivity index (χ2n) is 3.05. The molecule has 3 nitrogen and oxygen atoms in total. The smallest absolute Gasteiger partial charge is 0.418 e. The maximum atomic E-state index is 12.6. The van der Waals surface area contributed by atoms with Gasteiger partial charge in [-0.05, 0) is 22.0 Å². The van der Waals surface area contributed by atoms with Crippen molar-refractivity contribution < 1.29 is 31.5 Å². The van der Waals surface area contributed by atoms with Gasteiger partial charge in [0.1, 0.15) is 4.60 Å². The quantitative estimate of drug-likeness (QED) is 0.471. The number of alkyl halides is 5. The summed E-state index contributed by atoms with van der Waals surface area (Å²) < 4.78 is 66.3. The van der Waals surface area contributed by atoms with Crippen molar-refractivity contribution in [3.8, 4) is 0 Å². The van der Waals surface area contributed by atoms with Gasteiger partial charge in [0.25, 0.3) is 6.43 Å². The minimum Gasteiger partial charge on any atom is -0.464 e. The molecule has 0 aliphatic carbocycles. The van der Waals surface area contributed by atoms with Crippen LogP contribution in [-0.2, 0) is 10.9 Å². The van der Waals surface area contributed by atoms with Crippen LogP contribution in [0, 0.1) is 0 Å². The molecule has 0 radical (unpaired) electrons. The number of methoxy groups -OCH3 is 1. The first-order valence-corrected chi connectivity index (χ1v) is 5.12. The number of esters is 1. The van der Waals surface area contributed by atoms with E-state index in [-0.39, 0.29) is 6.07 Å². The molecule has 1 aromatic heterocycles. The Balaban J connectivity index is 3.52. The molecule has 0 aromatic carbocycles. The highest BCUT2D eigenvalue weighted by Crippen LogP contribution is 2.36. The average molecular weight is 334 g/mol. The van der Waals surface area contributed by atoms with Gasteiger partial charge in [-0.2, -0.15) is 13.2 Å². The van der Waals surface area contributed by atoms with Crippen molar-refractivity contribution in [3.05, 3.63) is 27.5 Å². The Morgan fingerprint density at radius 1 is 1.44 bits per heavy atom. The van der Waals surface area contributed by atoms with Crippen LogP contribution in [0.4, 0.5) is 22.0 Å². The zero-order valence-corrected chi connectivity index (χ0v) is 10.3. The molecule has 9 heteroatoms. The van der Waals surface area contributed by atoms with Crippen molar-refractivity contribution in [1.82, 2.24) is 4.98 Å². The Labute approximate surface area is 106 Å². The summed E-state index contributed by atoms with van der Waals surface area (Å²) in [5.74, 6) is -1.36. The first kappa shape index (κ1) is 14.8. The summed E-state index contributed by atoms with van der Waals surface area (Å²) in [5.41, 5.74) is -3.58. The van der Waals surface area contributed by atoms with Gasteiger partial charge in [0.15, 0.2) is 5.69 Å². The number of aromatic nitrogens is 1. The lowest BCUT2D eigenvalue weighted by atomic mass is 10.1. The van der Waals surface area contributed by atoms with Crippen LogP contribution in [0.1, 0.15) is 28.0 Å². The maximum Gasteiger partial charge on any atom is 0.418 e. The van der Waals surface area contributed by atoms with E-state index in [1.807, 2.05) is 0 Å². The van der Waals surface area contributed by atoms with Crippen molar-refractivity contribution in [1.29, 1.82) is 0 Å². The Morgan fingerprint density at radius 2 is 2.00 bits per heavy atom. The van der Waals surface area contributed by atoms with E-state index >= 15 is 0 Å². The molecular weight excluding hydrogens is 329 g/mol. The zero-order chi connectivity index (χ0) is 14.1. The van der Waals surface area contributed by atoms with Crippen molar-refractivity contribution in [2.75, 3.05) is 7.11 Å². The molecule has 0 saturated carbocycles. The first-order chi connectivity index (χ1) is 8.18. The number of hydrogen-bond donors (Lipinski definition) is 0. The van der Waals surface area contributed by atoms with Gasteiger partial charge in [0, 0.05) is 0 Å². The number of ether oxygens (including phenoxy) is 1. The number of pyridine rings is 1. The van der Waals surface area contributed by atoms with Gasteiger partial charge in [-0.1, -0.05) is 0 Å². The molecule has 100 valence electrons. The summed E-state index contributed by atoms with van der Waals surface area (Å²) >= 11 is 2.58. The highest BCUT2D eigenvalue weighted by Gasteiger charge is 2.38. The van der Waals surface area contributed by atoms with E-state index in [0.717, 1.165) is 7.11 Å². The molecule has 0 amide bonds. The summed E-state index contributed by atoms with van der Waals surface area (Å²) in [6.45, 7) is 0. The summed E-state index contributed by atoms with van der Waals surface area (Å²) in [6.07, 6.45) is -8.14. The van der Waals surface area contributed by atoms with E-state index in [2.05, 4.69) is 25.7 Å². The molecule has 1 aromatic rings. The van der Waals surface area contributed by atoms with E-state index in [9.17, 15) is 26.7 Å². The maximum absolute atomic E-state index is 12.6. The minimum atomic E-state index is -4.99. The third-order valence-corrected chi connectivity index (χ3v) is 2.56. The van der Waals surface area contributed by atoms with Crippen LogP contribution in [0.2, 0.25) is 0 Å². The lowest BCUT2D eigenvalue weighted by Crippen LogP contribution is -2.17. The van der Waals surface area contributed by atoms with Gasteiger partial charge in [0.2, 0.25) is 0 Å². The normalized spacial score (nSPS) is 11.8. The molecule has 0 saturated heterocycles. The van der Waals surface area contributed by atoms with E-state index in [0.29, 0.717) is 0 Å². The van der Waals surface area contributed by atoms with E-state index in [1.165, 1.54) is 0 Å². The fourth-order valence-corrected chi connectivity index (χ4v) is 1.59. The van der Waals surface area contributed by atoms with Crippen molar-refractivity contribution in [3.63, 3.8) is 0 Å². The largest absolute Gasteiger partial charge is 0.464 e. The van der Waals surface area contributed by atoms with Crippen LogP contribution in [0.3, 0.4) is 0 Å². The SMILES string of the molecule is COC(=O)c1nc(Br)c(C(F)F)cc1C(F)(F)F. The van der Waals surface area contributed by atoms with E-state index < -0.39 is 40.0 Å². The van der Waals surface area contributed by atoms with Crippen molar-refractivity contribution >= 4 is 21.9 Å². The van der Waals surface area contributed by atoms with Crippen LogP contribution in [-0.4, -0.2) is 18.1 Å². The molecule has 0 atom stereocenters. The van der Waals surface area contributed by atoms with Crippen LogP contribution in [0.5, 0.6) is 0 Å². The third-order valence-electron chi connectivity index (χ3n) is 1.92. The third kappa shape index (κ3) is 2.95. The number of carbonyl (C=O) groups excluding carboxylic acids is 1. The summed E-state index contributed by atoms with van der Waals surface area (Å²) in [6, 6.07) is 0.175. The number of carbonyl (C=O) groups is 1. The molecule has 0 aliphatic rings. The lowest BCUT2D eigenvalue weighted by molar-refractivity contribution is -0.138. The molecule has 0 bridgehead atoms. The molecule has 0 unspecified atom stereocenters. The topological polar surface area (TPSA) is 39.2 Å². The number of halogens is 6. The highest BCUT2D eigenvalue weighted by molar-refractivity contribution is 9.10. The van der Waals surface area contributed by atoms with Crippen LogP contribution in [0.15, 0.2) is 10.7 Å². The molecular formula is C9H5BrF5NO2. The monoisotopic (exact) mass is 333 g/mol. The lowest BCUT2D eigenvalue weighted by Gasteiger charge is -2.13. The van der Waals surface area contributed by atoms with Crippen LogP contribution < -0.4 is 0 Å². The number of hydrogen-bond acceptors (Lipinski definition) is 3. The molecule has 1 heterocycles. The summed E-state index contributed by atoms with van der Waals surface area (Å²) in [4.78, 5) is 14.3. The molecule has 1 rings (SSSR count). The molecule has 0 aliphatic heterocycles. The number of nitrogens with zero attached hydrogens (tertiary/aromatic N) is 1. The Hall–Kier alpha value is -1.25. The van der Waals surface area contributed by atoms with Gasteiger partial charge >= 0.3 is 12.1 Å². The minimum absolute atomic E-state index is 0.175. The fourth-order valence-electron chi connectivity index (χ4n) is 1.13. The van der Waals surface area contributed by atoms with Crippen molar-refractivity contribution in [2.24, 2.45) is 0 Å². The molecule has 0 fully saturated rings. The summed E-state index contributed by atoms with van der Waals surface area (Å²) in [5, 5.41) is 0. The second kappa shape index (κ2) is 5.17. The zero-order valence-electron chi connectivity index (χ0n) is 8.69. The van der Waals surface area contributed by atoms with E-state index in [4.69, 9.17) is 0 Å². The average Bonchev–Trinajstić information content (AvgIpc) is 2.25. The van der Waals surface area contributed by atoms with Crippen LogP contribution in [0.25, 0.3) is 0 Å².